The van der Waals surface area contributed by atoms with Crippen molar-refractivity contribution >= 4 is 5.91 Å². The number of carbonyl (C=O) groups is 1. The van der Waals surface area contributed by atoms with E-state index in [1.807, 2.05) is 0 Å². The lowest BCUT2D eigenvalue weighted by molar-refractivity contribution is 0.0948. The zero-order chi connectivity index (χ0) is 18.5. The van der Waals surface area contributed by atoms with Crippen LogP contribution in [0.15, 0.2) is 64.4 Å². The third-order valence-electron chi connectivity index (χ3n) is 3.72. The second-order valence-electron chi connectivity index (χ2n) is 5.53. The highest BCUT2D eigenvalue weighted by Crippen LogP contribution is 2.02. The number of rotatable bonds is 5. The van der Waals surface area contributed by atoms with Crippen molar-refractivity contribution in [1.29, 1.82) is 0 Å². The lowest BCUT2D eigenvalue weighted by Gasteiger charge is -2.08. The van der Waals surface area contributed by atoms with Gasteiger partial charge in [0.2, 0.25) is 0 Å². The molecule has 0 radical (unpaired) electrons. The van der Waals surface area contributed by atoms with Crippen LogP contribution in [0.1, 0.15) is 21.6 Å². The zero-order valence-electron chi connectivity index (χ0n) is 13.6. The standard InChI is InChI=1S/C18H15FN4O3/c19-13-6-4-12(5-7-13)9-21-16(24)15-10-22-18(26)23(17(15)25)11-14-3-1-2-8-20-14/h1-8,10H,9,11H2,(H,21,24)(H,22,26). The predicted octanol–water partition coefficient (Wildman–Crippen LogP) is 1.05. The number of halogens is 1. The summed E-state index contributed by atoms with van der Waals surface area (Å²) in [6.07, 6.45) is 2.63. The highest BCUT2D eigenvalue weighted by molar-refractivity contribution is 5.93. The van der Waals surface area contributed by atoms with Crippen molar-refractivity contribution in [2.45, 2.75) is 13.1 Å². The van der Waals surface area contributed by atoms with Crippen LogP contribution < -0.4 is 16.6 Å². The lowest BCUT2D eigenvalue weighted by atomic mass is 10.2. The fraction of sp³-hybridized carbons (Fsp3) is 0.111. The predicted molar refractivity (Wildman–Crippen MR) is 92.2 cm³/mol. The molecule has 132 valence electrons. The van der Waals surface area contributed by atoms with Crippen LogP contribution in [-0.4, -0.2) is 20.4 Å². The second-order valence-corrected chi connectivity index (χ2v) is 5.53. The number of aromatic amines is 1. The van der Waals surface area contributed by atoms with Crippen LogP contribution in [0.2, 0.25) is 0 Å². The molecule has 0 fully saturated rings. The van der Waals surface area contributed by atoms with E-state index in [1.165, 1.54) is 24.3 Å². The molecule has 8 heteroatoms. The molecule has 26 heavy (non-hydrogen) atoms. The van der Waals surface area contributed by atoms with Gasteiger partial charge < -0.3 is 10.3 Å². The van der Waals surface area contributed by atoms with Gasteiger partial charge in [0.1, 0.15) is 11.4 Å². The van der Waals surface area contributed by atoms with Gasteiger partial charge in [-0.2, -0.15) is 0 Å². The number of carbonyl (C=O) groups excluding carboxylic acids is 1. The normalized spacial score (nSPS) is 10.5. The highest BCUT2D eigenvalue weighted by atomic mass is 19.1. The summed E-state index contributed by atoms with van der Waals surface area (Å²) in [7, 11) is 0. The summed E-state index contributed by atoms with van der Waals surface area (Å²) < 4.78 is 13.8. The summed E-state index contributed by atoms with van der Waals surface area (Å²) >= 11 is 0. The number of amides is 1. The van der Waals surface area contributed by atoms with Crippen molar-refractivity contribution in [3.05, 3.63) is 98.3 Å². The molecule has 0 aliphatic heterocycles. The van der Waals surface area contributed by atoms with Gasteiger partial charge >= 0.3 is 5.69 Å². The minimum Gasteiger partial charge on any atom is -0.348 e. The molecule has 0 aliphatic carbocycles. The Morgan fingerprint density at radius 3 is 2.62 bits per heavy atom. The van der Waals surface area contributed by atoms with Gasteiger partial charge in [-0.15, -0.1) is 0 Å². The molecule has 2 heterocycles. The molecule has 1 amide bonds. The monoisotopic (exact) mass is 354 g/mol. The topological polar surface area (TPSA) is 96.8 Å². The Morgan fingerprint density at radius 1 is 1.15 bits per heavy atom. The molecule has 7 nitrogen and oxygen atoms in total. The minimum atomic E-state index is -0.712. The first kappa shape index (κ1) is 17.3. The van der Waals surface area contributed by atoms with E-state index in [4.69, 9.17) is 0 Å². The van der Waals surface area contributed by atoms with Crippen LogP contribution in [0.5, 0.6) is 0 Å². The van der Waals surface area contributed by atoms with Crippen molar-refractivity contribution in [2.75, 3.05) is 0 Å². The molecule has 0 bridgehead atoms. The maximum atomic E-state index is 12.9. The number of benzene rings is 1. The van der Waals surface area contributed by atoms with E-state index in [2.05, 4.69) is 15.3 Å². The number of nitrogens with zero attached hydrogens (tertiary/aromatic N) is 2. The molecule has 0 saturated carbocycles. The van der Waals surface area contributed by atoms with Gasteiger partial charge in [-0.25, -0.2) is 9.18 Å². The number of pyridine rings is 1. The Hall–Kier alpha value is -3.55. The summed E-state index contributed by atoms with van der Waals surface area (Å²) in [5.74, 6) is -1.01. The van der Waals surface area contributed by atoms with Crippen LogP contribution >= 0.6 is 0 Å². The smallest absolute Gasteiger partial charge is 0.328 e. The third-order valence-corrected chi connectivity index (χ3v) is 3.72. The van der Waals surface area contributed by atoms with Gasteiger partial charge in [-0.3, -0.25) is 19.1 Å². The first-order valence-corrected chi connectivity index (χ1v) is 7.79. The Morgan fingerprint density at radius 2 is 1.92 bits per heavy atom. The number of hydrogen-bond acceptors (Lipinski definition) is 4. The van der Waals surface area contributed by atoms with Gasteiger partial charge in [-0.1, -0.05) is 18.2 Å². The van der Waals surface area contributed by atoms with Crippen LogP contribution in [0.3, 0.4) is 0 Å². The van der Waals surface area contributed by atoms with E-state index in [-0.39, 0.29) is 24.5 Å². The van der Waals surface area contributed by atoms with Crippen molar-refractivity contribution in [3.63, 3.8) is 0 Å². The number of aromatic nitrogens is 3. The maximum absolute atomic E-state index is 12.9. The van der Waals surface area contributed by atoms with Crippen LogP contribution in [0.4, 0.5) is 4.39 Å². The third kappa shape index (κ3) is 3.92. The fourth-order valence-electron chi connectivity index (χ4n) is 2.35. The summed E-state index contributed by atoms with van der Waals surface area (Å²) in [6.45, 7) is 0.0754. The van der Waals surface area contributed by atoms with E-state index in [1.54, 1.807) is 24.4 Å². The SMILES string of the molecule is O=C(NCc1ccc(F)cc1)c1c[nH]c(=O)n(Cc2ccccn2)c1=O. The molecule has 0 saturated heterocycles. The molecule has 2 N–H and O–H groups in total. The average Bonchev–Trinajstić information content (AvgIpc) is 2.65. The fourth-order valence-corrected chi connectivity index (χ4v) is 2.35. The molecule has 0 unspecified atom stereocenters. The minimum absolute atomic E-state index is 0.0475. The van der Waals surface area contributed by atoms with Crippen LogP contribution in [-0.2, 0) is 13.1 Å². The molecular weight excluding hydrogens is 339 g/mol. The Balaban J connectivity index is 1.80. The van der Waals surface area contributed by atoms with Crippen LogP contribution in [0.25, 0.3) is 0 Å². The average molecular weight is 354 g/mol. The summed E-state index contributed by atoms with van der Waals surface area (Å²) in [5, 5.41) is 2.57. The first-order valence-electron chi connectivity index (χ1n) is 7.79. The number of hydrogen-bond donors (Lipinski definition) is 2. The summed E-state index contributed by atoms with van der Waals surface area (Å²) in [6, 6.07) is 10.7. The van der Waals surface area contributed by atoms with Gasteiger partial charge in [-0.05, 0) is 29.8 Å². The molecule has 0 atom stereocenters. The molecule has 0 spiro atoms. The molecule has 2 aromatic heterocycles. The van der Waals surface area contributed by atoms with E-state index in [9.17, 15) is 18.8 Å². The molecule has 1 aromatic carbocycles. The molecule has 3 aromatic rings. The van der Waals surface area contributed by atoms with Crippen molar-refractivity contribution < 1.29 is 9.18 Å². The second kappa shape index (κ2) is 7.56. The van der Waals surface area contributed by atoms with Crippen molar-refractivity contribution in [3.8, 4) is 0 Å². The maximum Gasteiger partial charge on any atom is 0.328 e. The van der Waals surface area contributed by atoms with E-state index < -0.39 is 17.2 Å². The van der Waals surface area contributed by atoms with Crippen LogP contribution in [0, 0.1) is 5.82 Å². The summed E-state index contributed by atoms with van der Waals surface area (Å²) in [4.78, 5) is 43.2. The first-order chi connectivity index (χ1) is 12.5. The Labute approximate surface area is 147 Å². The quantitative estimate of drug-likeness (QED) is 0.716. The largest absolute Gasteiger partial charge is 0.348 e. The Bertz CT molecular complexity index is 1030. The Kier molecular flexibility index (Phi) is 5.02. The lowest BCUT2D eigenvalue weighted by Crippen LogP contribution is -2.40. The van der Waals surface area contributed by atoms with E-state index in [0.29, 0.717) is 11.3 Å². The van der Waals surface area contributed by atoms with Gasteiger partial charge in [0.05, 0.1) is 12.2 Å². The molecule has 0 aliphatic rings. The highest BCUT2D eigenvalue weighted by Gasteiger charge is 2.15. The van der Waals surface area contributed by atoms with E-state index in [0.717, 1.165) is 10.8 Å². The molecule has 3 rings (SSSR count). The number of H-pyrrole nitrogens is 1. The van der Waals surface area contributed by atoms with Gasteiger partial charge in [0.15, 0.2) is 0 Å². The van der Waals surface area contributed by atoms with Gasteiger partial charge in [0, 0.05) is 18.9 Å². The molecular formula is C18H15FN4O3. The van der Waals surface area contributed by atoms with Gasteiger partial charge in [0.25, 0.3) is 11.5 Å². The zero-order valence-corrected chi connectivity index (χ0v) is 13.6. The van der Waals surface area contributed by atoms with Crippen molar-refractivity contribution in [1.82, 2.24) is 19.9 Å². The number of nitrogens with one attached hydrogen (secondary N) is 2. The van der Waals surface area contributed by atoms with Crippen molar-refractivity contribution in [2.24, 2.45) is 0 Å². The van der Waals surface area contributed by atoms with E-state index >= 15 is 0 Å². The summed E-state index contributed by atoms with van der Waals surface area (Å²) in [5.41, 5.74) is -0.337.